The van der Waals surface area contributed by atoms with Crippen molar-refractivity contribution in [2.75, 3.05) is 11.9 Å². The quantitative estimate of drug-likeness (QED) is 0.645. The van der Waals surface area contributed by atoms with Crippen molar-refractivity contribution in [3.05, 3.63) is 63.6 Å². The third-order valence-corrected chi connectivity index (χ3v) is 4.11. The Hall–Kier alpha value is -2.15. The van der Waals surface area contributed by atoms with Gasteiger partial charge >= 0.3 is 0 Å². The molecule has 3 N–H and O–H groups in total. The zero-order chi connectivity index (χ0) is 19.1. The highest BCUT2D eigenvalue weighted by Crippen LogP contribution is 2.21. The SMILES string of the molecule is CCCNC(=O)c1ccccc1NC(=S)NC(=O)c1ccc(Cl)cc1Cl. The highest BCUT2D eigenvalue weighted by molar-refractivity contribution is 7.80. The summed E-state index contributed by atoms with van der Waals surface area (Å²) in [4.78, 5) is 24.5. The van der Waals surface area contributed by atoms with E-state index in [1.165, 1.54) is 12.1 Å². The number of hydrogen-bond donors (Lipinski definition) is 3. The van der Waals surface area contributed by atoms with Crippen LogP contribution in [0.5, 0.6) is 0 Å². The molecule has 0 saturated carbocycles. The van der Waals surface area contributed by atoms with Crippen LogP contribution >= 0.6 is 35.4 Å². The second-order valence-corrected chi connectivity index (χ2v) is 6.59. The van der Waals surface area contributed by atoms with E-state index in [0.717, 1.165) is 6.42 Å². The Labute approximate surface area is 167 Å². The van der Waals surface area contributed by atoms with Gasteiger partial charge in [0, 0.05) is 11.6 Å². The molecule has 2 aromatic rings. The molecule has 2 rings (SSSR count). The summed E-state index contributed by atoms with van der Waals surface area (Å²) < 4.78 is 0. The topological polar surface area (TPSA) is 70.2 Å². The summed E-state index contributed by atoms with van der Waals surface area (Å²) in [5, 5.41) is 8.91. The largest absolute Gasteiger partial charge is 0.352 e. The van der Waals surface area contributed by atoms with Crippen LogP contribution in [0.2, 0.25) is 10.0 Å². The van der Waals surface area contributed by atoms with Crippen LogP contribution in [0.25, 0.3) is 0 Å². The summed E-state index contributed by atoms with van der Waals surface area (Å²) in [6.07, 6.45) is 0.831. The number of benzene rings is 2. The molecule has 0 heterocycles. The lowest BCUT2D eigenvalue weighted by Crippen LogP contribution is -2.35. The van der Waals surface area contributed by atoms with Crippen LogP contribution in [0.1, 0.15) is 34.1 Å². The molecule has 0 aliphatic rings. The predicted molar refractivity (Wildman–Crippen MR) is 109 cm³/mol. The van der Waals surface area contributed by atoms with Crippen molar-refractivity contribution < 1.29 is 9.59 Å². The summed E-state index contributed by atoms with van der Waals surface area (Å²) in [5.41, 5.74) is 1.17. The first-order chi connectivity index (χ1) is 12.4. The minimum atomic E-state index is -0.475. The van der Waals surface area contributed by atoms with Gasteiger partial charge < -0.3 is 10.6 Å². The number of amides is 2. The van der Waals surface area contributed by atoms with Crippen molar-refractivity contribution in [3.63, 3.8) is 0 Å². The van der Waals surface area contributed by atoms with Crippen molar-refractivity contribution in [2.45, 2.75) is 13.3 Å². The molecule has 0 bridgehead atoms. The monoisotopic (exact) mass is 409 g/mol. The average molecular weight is 410 g/mol. The molecule has 0 spiro atoms. The van der Waals surface area contributed by atoms with Crippen LogP contribution in [0.4, 0.5) is 5.69 Å². The number of anilines is 1. The number of carbonyl (C=O) groups is 2. The van der Waals surface area contributed by atoms with Crippen molar-refractivity contribution in [1.82, 2.24) is 10.6 Å². The second-order valence-electron chi connectivity index (χ2n) is 5.33. The highest BCUT2D eigenvalue weighted by atomic mass is 35.5. The number of thiocarbonyl (C=S) groups is 1. The standard InChI is InChI=1S/C18H17Cl2N3O2S/c1-2-9-21-16(24)13-5-3-4-6-15(13)22-18(26)23-17(25)12-8-7-11(19)10-14(12)20/h3-8,10H,2,9H2,1H3,(H,21,24)(H2,22,23,25,26). The van der Waals surface area contributed by atoms with Gasteiger partial charge in [-0.1, -0.05) is 42.3 Å². The van der Waals surface area contributed by atoms with Gasteiger partial charge in [0.05, 0.1) is 21.8 Å². The molecular formula is C18H17Cl2N3O2S. The van der Waals surface area contributed by atoms with Crippen LogP contribution in [-0.2, 0) is 0 Å². The Balaban J connectivity index is 2.08. The average Bonchev–Trinajstić information content (AvgIpc) is 2.59. The zero-order valence-corrected chi connectivity index (χ0v) is 16.3. The molecule has 0 fully saturated rings. The van der Waals surface area contributed by atoms with E-state index < -0.39 is 5.91 Å². The maximum Gasteiger partial charge on any atom is 0.258 e. The van der Waals surface area contributed by atoms with Crippen LogP contribution in [0.3, 0.4) is 0 Å². The molecule has 0 unspecified atom stereocenters. The van der Waals surface area contributed by atoms with E-state index in [2.05, 4.69) is 16.0 Å². The molecule has 0 radical (unpaired) electrons. The Morgan fingerprint density at radius 3 is 2.46 bits per heavy atom. The summed E-state index contributed by atoms with van der Waals surface area (Å²) in [6.45, 7) is 2.54. The second kappa shape index (κ2) is 9.52. The smallest absolute Gasteiger partial charge is 0.258 e. The van der Waals surface area contributed by atoms with Crippen molar-refractivity contribution in [2.24, 2.45) is 0 Å². The summed E-state index contributed by atoms with van der Waals surface area (Å²) in [6, 6.07) is 11.4. The number of para-hydroxylation sites is 1. The van der Waals surface area contributed by atoms with E-state index in [1.807, 2.05) is 6.92 Å². The molecule has 2 amide bonds. The summed E-state index contributed by atoms with van der Waals surface area (Å²) in [5.74, 6) is -0.693. The molecule has 0 atom stereocenters. The molecule has 0 saturated heterocycles. The van der Waals surface area contributed by atoms with Gasteiger partial charge in [0.25, 0.3) is 11.8 Å². The zero-order valence-electron chi connectivity index (χ0n) is 13.9. The summed E-state index contributed by atoms with van der Waals surface area (Å²) in [7, 11) is 0. The van der Waals surface area contributed by atoms with Crippen LogP contribution in [-0.4, -0.2) is 23.5 Å². The Morgan fingerprint density at radius 1 is 1.04 bits per heavy atom. The van der Waals surface area contributed by atoms with Gasteiger partial charge in [-0.3, -0.25) is 14.9 Å². The van der Waals surface area contributed by atoms with E-state index in [-0.39, 0.29) is 21.6 Å². The minimum absolute atomic E-state index is 0.0526. The van der Waals surface area contributed by atoms with E-state index in [0.29, 0.717) is 22.8 Å². The van der Waals surface area contributed by atoms with E-state index in [1.54, 1.807) is 30.3 Å². The highest BCUT2D eigenvalue weighted by Gasteiger charge is 2.15. The molecule has 8 heteroatoms. The number of nitrogens with one attached hydrogen (secondary N) is 3. The van der Waals surface area contributed by atoms with Gasteiger partial charge in [-0.25, -0.2) is 0 Å². The third kappa shape index (κ3) is 5.42. The predicted octanol–water partition coefficient (Wildman–Crippen LogP) is 4.26. The molecular weight excluding hydrogens is 393 g/mol. The molecule has 2 aromatic carbocycles. The Kier molecular flexibility index (Phi) is 7.38. The fourth-order valence-electron chi connectivity index (χ4n) is 2.12. The van der Waals surface area contributed by atoms with E-state index >= 15 is 0 Å². The van der Waals surface area contributed by atoms with Crippen LogP contribution in [0, 0.1) is 0 Å². The Morgan fingerprint density at radius 2 is 1.77 bits per heavy atom. The van der Waals surface area contributed by atoms with E-state index in [9.17, 15) is 9.59 Å². The first-order valence-corrected chi connectivity index (χ1v) is 9.03. The lowest BCUT2D eigenvalue weighted by atomic mass is 10.1. The number of rotatable bonds is 5. The van der Waals surface area contributed by atoms with E-state index in [4.69, 9.17) is 35.4 Å². The van der Waals surface area contributed by atoms with Gasteiger partial charge in [-0.2, -0.15) is 0 Å². The number of hydrogen-bond acceptors (Lipinski definition) is 3. The van der Waals surface area contributed by atoms with Gasteiger partial charge in [-0.05, 0) is 49.0 Å². The summed E-state index contributed by atoms with van der Waals surface area (Å²) >= 11 is 17.0. The molecule has 0 aliphatic carbocycles. The number of carbonyl (C=O) groups excluding carboxylic acids is 2. The minimum Gasteiger partial charge on any atom is -0.352 e. The number of halogens is 2. The first kappa shape index (κ1) is 20.2. The molecule has 0 aliphatic heterocycles. The van der Waals surface area contributed by atoms with Crippen molar-refractivity contribution >= 4 is 58.0 Å². The fourth-order valence-corrected chi connectivity index (χ4v) is 2.82. The van der Waals surface area contributed by atoms with Crippen molar-refractivity contribution in [3.8, 4) is 0 Å². The molecule has 136 valence electrons. The maximum atomic E-state index is 12.3. The Bertz CT molecular complexity index is 843. The van der Waals surface area contributed by atoms with Gasteiger partial charge in [-0.15, -0.1) is 0 Å². The lowest BCUT2D eigenvalue weighted by molar-refractivity contribution is 0.0952. The molecule has 0 aromatic heterocycles. The lowest BCUT2D eigenvalue weighted by Gasteiger charge is -2.14. The maximum absolute atomic E-state index is 12.3. The fraction of sp³-hybridized carbons (Fsp3) is 0.167. The van der Waals surface area contributed by atoms with Crippen LogP contribution < -0.4 is 16.0 Å². The molecule has 26 heavy (non-hydrogen) atoms. The van der Waals surface area contributed by atoms with Crippen molar-refractivity contribution in [1.29, 1.82) is 0 Å². The molecule has 5 nitrogen and oxygen atoms in total. The normalized spacial score (nSPS) is 10.1. The van der Waals surface area contributed by atoms with Gasteiger partial charge in [0.2, 0.25) is 0 Å². The third-order valence-electron chi connectivity index (χ3n) is 3.36. The van der Waals surface area contributed by atoms with Crippen LogP contribution in [0.15, 0.2) is 42.5 Å². The van der Waals surface area contributed by atoms with Gasteiger partial charge in [0.15, 0.2) is 5.11 Å². The van der Waals surface area contributed by atoms with Gasteiger partial charge in [0.1, 0.15) is 0 Å². The first-order valence-electron chi connectivity index (χ1n) is 7.87.